The molecule has 1 aromatic heterocycles. The molecule has 2 rings (SSSR count). The van der Waals surface area contributed by atoms with Crippen LogP contribution in [0.3, 0.4) is 0 Å². The first-order valence-corrected chi connectivity index (χ1v) is 7.32. The Morgan fingerprint density at radius 3 is 2.57 bits per heavy atom. The molecule has 1 aromatic rings. The van der Waals surface area contributed by atoms with Crippen molar-refractivity contribution in [3.05, 3.63) is 23.5 Å². The molecule has 1 N–H and O–H groups in total. The van der Waals surface area contributed by atoms with Crippen LogP contribution in [-0.2, 0) is 9.47 Å². The lowest BCUT2D eigenvalue weighted by Crippen LogP contribution is -2.27. The van der Waals surface area contributed by atoms with Crippen LogP contribution in [-0.4, -0.2) is 23.8 Å². The fraction of sp³-hybridized carbons (Fsp3) is 0.625. The number of aromatic nitrogens is 1. The number of rotatable bonds is 4. The van der Waals surface area contributed by atoms with Crippen LogP contribution >= 0.6 is 0 Å². The first kappa shape index (κ1) is 15.8. The highest BCUT2D eigenvalue weighted by Gasteiger charge is 2.30. The molecule has 0 aliphatic heterocycles. The van der Waals surface area contributed by atoms with Gasteiger partial charge in [-0.15, -0.1) is 0 Å². The van der Waals surface area contributed by atoms with Crippen molar-refractivity contribution in [2.45, 2.75) is 58.2 Å². The number of amides is 1. The molecule has 0 radical (unpaired) electrons. The van der Waals surface area contributed by atoms with Gasteiger partial charge >= 0.3 is 6.09 Å². The third kappa shape index (κ3) is 4.17. The SMILES string of the molecule is COC(C)c1c(NC(=O)OC(C)(C)C)cncc1C1CC1. The van der Waals surface area contributed by atoms with Crippen LogP contribution < -0.4 is 5.32 Å². The third-order valence-electron chi connectivity index (χ3n) is 3.43. The summed E-state index contributed by atoms with van der Waals surface area (Å²) in [6, 6.07) is 0. The van der Waals surface area contributed by atoms with Crippen molar-refractivity contribution < 1.29 is 14.3 Å². The first-order chi connectivity index (χ1) is 9.81. The van der Waals surface area contributed by atoms with Gasteiger partial charge in [-0.2, -0.15) is 0 Å². The second-order valence-corrected chi connectivity index (χ2v) is 6.47. The van der Waals surface area contributed by atoms with E-state index in [1.54, 1.807) is 13.3 Å². The monoisotopic (exact) mass is 292 g/mol. The van der Waals surface area contributed by atoms with E-state index in [9.17, 15) is 4.79 Å². The fourth-order valence-electron chi connectivity index (χ4n) is 2.29. The van der Waals surface area contributed by atoms with Gasteiger partial charge in [-0.3, -0.25) is 10.3 Å². The van der Waals surface area contributed by atoms with Crippen LogP contribution in [0, 0.1) is 0 Å². The summed E-state index contributed by atoms with van der Waals surface area (Å²) in [7, 11) is 1.67. The van der Waals surface area contributed by atoms with E-state index in [4.69, 9.17) is 9.47 Å². The minimum atomic E-state index is -0.529. The molecule has 1 atom stereocenters. The topological polar surface area (TPSA) is 60.5 Å². The Morgan fingerprint density at radius 1 is 1.38 bits per heavy atom. The van der Waals surface area contributed by atoms with Gasteiger partial charge in [0, 0.05) is 18.9 Å². The number of methoxy groups -OCH3 is 1. The Labute approximate surface area is 126 Å². The Bertz CT molecular complexity index is 519. The van der Waals surface area contributed by atoms with Crippen molar-refractivity contribution in [1.29, 1.82) is 0 Å². The zero-order valence-electron chi connectivity index (χ0n) is 13.4. The molecule has 5 nitrogen and oxygen atoms in total. The summed E-state index contributed by atoms with van der Waals surface area (Å²) in [5.74, 6) is 0.533. The molecule has 0 saturated heterocycles. The summed E-state index contributed by atoms with van der Waals surface area (Å²) in [5, 5.41) is 2.80. The molecule has 1 aliphatic rings. The van der Waals surface area contributed by atoms with E-state index >= 15 is 0 Å². The number of carbonyl (C=O) groups is 1. The van der Waals surface area contributed by atoms with Crippen LogP contribution in [0.25, 0.3) is 0 Å². The summed E-state index contributed by atoms with van der Waals surface area (Å²) in [5.41, 5.74) is 2.31. The fourth-order valence-corrected chi connectivity index (χ4v) is 2.29. The summed E-state index contributed by atoms with van der Waals surface area (Å²) < 4.78 is 10.8. The number of nitrogens with zero attached hydrogens (tertiary/aromatic N) is 1. The normalized spacial score (nSPS) is 16.4. The van der Waals surface area contributed by atoms with E-state index in [0.29, 0.717) is 11.6 Å². The summed E-state index contributed by atoms with van der Waals surface area (Å²) >= 11 is 0. The average Bonchev–Trinajstić information content (AvgIpc) is 3.19. The van der Waals surface area contributed by atoms with Gasteiger partial charge in [-0.1, -0.05) is 0 Å². The van der Waals surface area contributed by atoms with E-state index < -0.39 is 11.7 Å². The highest BCUT2D eigenvalue weighted by atomic mass is 16.6. The smallest absolute Gasteiger partial charge is 0.412 e. The van der Waals surface area contributed by atoms with Crippen molar-refractivity contribution in [3.63, 3.8) is 0 Å². The standard InChI is InChI=1S/C16H24N2O3/c1-10(20-5)14-12(11-6-7-11)8-17-9-13(14)18-15(19)21-16(2,3)4/h8-11H,6-7H2,1-5H3,(H,18,19). The van der Waals surface area contributed by atoms with E-state index in [-0.39, 0.29) is 6.10 Å². The van der Waals surface area contributed by atoms with Crippen molar-refractivity contribution in [3.8, 4) is 0 Å². The van der Waals surface area contributed by atoms with E-state index in [1.165, 1.54) is 12.8 Å². The molecule has 0 aromatic carbocycles. The van der Waals surface area contributed by atoms with Gasteiger partial charge in [0.1, 0.15) is 5.60 Å². The summed E-state index contributed by atoms with van der Waals surface area (Å²) in [6.45, 7) is 7.49. The molecule has 5 heteroatoms. The van der Waals surface area contributed by atoms with Gasteiger partial charge in [0.05, 0.1) is 18.0 Å². The second-order valence-electron chi connectivity index (χ2n) is 6.47. The predicted octanol–water partition coefficient (Wildman–Crippen LogP) is 4.01. The number of hydrogen-bond donors (Lipinski definition) is 1. The molecule has 1 fully saturated rings. The van der Waals surface area contributed by atoms with Gasteiger partial charge in [0.15, 0.2) is 0 Å². The zero-order valence-corrected chi connectivity index (χ0v) is 13.4. The lowest BCUT2D eigenvalue weighted by Gasteiger charge is -2.22. The van der Waals surface area contributed by atoms with Gasteiger partial charge in [0.2, 0.25) is 0 Å². The minimum absolute atomic E-state index is 0.103. The largest absolute Gasteiger partial charge is 0.444 e. The molecule has 1 heterocycles. The summed E-state index contributed by atoms with van der Waals surface area (Å²) in [6.07, 6.45) is 5.29. The molecule has 0 spiro atoms. The molecular formula is C16H24N2O3. The van der Waals surface area contributed by atoms with Crippen molar-refractivity contribution >= 4 is 11.8 Å². The predicted molar refractivity (Wildman–Crippen MR) is 81.5 cm³/mol. The number of carbonyl (C=O) groups excluding carboxylic acids is 1. The Hall–Kier alpha value is -1.62. The van der Waals surface area contributed by atoms with Crippen molar-refractivity contribution in [2.24, 2.45) is 0 Å². The summed E-state index contributed by atoms with van der Waals surface area (Å²) in [4.78, 5) is 16.2. The van der Waals surface area contributed by atoms with Crippen LogP contribution in [0.5, 0.6) is 0 Å². The van der Waals surface area contributed by atoms with E-state index in [2.05, 4.69) is 10.3 Å². The van der Waals surface area contributed by atoms with Crippen LogP contribution in [0.2, 0.25) is 0 Å². The Balaban J connectivity index is 2.26. The van der Waals surface area contributed by atoms with Crippen LogP contribution in [0.4, 0.5) is 10.5 Å². The quantitative estimate of drug-likeness (QED) is 0.910. The highest BCUT2D eigenvalue weighted by Crippen LogP contribution is 2.45. The second kappa shape index (κ2) is 6.02. The highest BCUT2D eigenvalue weighted by molar-refractivity contribution is 5.86. The lowest BCUT2D eigenvalue weighted by atomic mass is 10.00. The van der Waals surface area contributed by atoms with E-state index in [1.807, 2.05) is 33.9 Å². The van der Waals surface area contributed by atoms with E-state index in [0.717, 1.165) is 11.1 Å². The van der Waals surface area contributed by atoms with Gasteiger partial charge in [-0.05, 0) is 52.0 Å². The molecule has 1 unspecified atom stereocenters. The average molecular weight is 292 g/mol. The Morgan fingerprint density at radius 2 is 2.05 bits per heavy atom. The van der Waals surface area contributed by atoms with Crippen molar-refractivity contribution in [2.75, 3.05) is 12.4 Å². The number of hydrogen-bond acceptors (Lipinski definition) is 4. The molecule has 0 bridgehead atoms. The van der Waals surface area contributed by atoms with Gasteiger partial charge in [-0.25, -0.2) is 4.79 Å². The lowest BCUT2D eigenvalue weighted by molar-refractivity contribution is 0.0635. The minimum Gasteiger partial charge on any atom is -0.444 e. The van der Waals surface area contributed by atoms with Gasteiger partial charge in [0.25, 0.3) is 0 Å². The number of pyridine rings is 1. The maximum Gasteiger partial charge on any atom is 0.412 e. The molecule has 1 amide bonds. The third-order valence-corrected chi connectivity index (χ3v) is 3.43. The van der Waals surface area contributed by atoms with Crippen LogP contribution in [0.1, 0.15) is 63.7 Å². The van der Waals surface area contributed by atoms with Gasteiger partial charge < -0.3 is 9.47 Å². The van der Waals surface area contributed by atoms with Crippen LogP contribution in [0.15, 0.2) is 12.4 Å². The molecule has 1 aliphatic carbocycles. The zero-order chi connectivity index (χ0) is 15.6. The number of nitrogens with one attached hydrogen (secondary N) is 1. The maximum atomic E-state index is 12.0. The number of ether oxygens (including phenoxy) is 2. The Kier molecular flexibility index (Phi) is 4.52. The molecular weight excluding hydrogens is 268 g/mol. The molecule has 1 saturated carbocycles. The van der Waals surface area contributed by atoms with Crippen molar-refractivity contribution in [1.82, 2.24) is 4.98 Å². The first-order valence-electron chi connectivity index (χ1n) is 7.32. The maximum absolute atomic E-state index is 12.0. The molecule has 21 heavy (non-hydrogen) atoms. The number of anilines is 1. The molecule has 116 valence electrons.